The van der Waals surface area contributed by atoms with Crippen LogP contribution in [0.2, 0.25) is 0 Å². The number of thiol groups is 1. The molecule has 0 aliphatic heterocycles. The lowest BCUT2D eigenvalue weighted by Crippen LogP contribution is -2.16. The number of benzene rings is 1. The van der Waals surface area contributed by atoms with Crippen molar-refractivity contribution in [2.45, 2.75) is 0 Å². The molecule has 0 fully saturated rings. The third-order valence-corrected chi connectivity index (χ3v) is 4.77. The van der Waals surface area contributed by atoms with Crippen molar-refractivity contribution in [3.8, 4) is 5.75 Å². The predicted molar refractivity (Wildman–Crippen MR) is 86.6 cm³/mol. The molecule has 0 saturated heterocycles. The van der Waals surface area contributed by atoms with Gasteiger partial charge in [0.25, 0.3) is 0 Å². The van der Waals surface area contributed by atoms with Crippen molar-refractivity contribution in [3.05, 3.63) is 33.1 Å². The summed E-state index contributed by atoms with van der Waals surface area (Å²) in [5, 5.41) is 1.59. The van der Waals surface area contributed by atoms with Gasteiger partial charge in [0.15, 0.2) is 9.73 Å². The quantitative estimate of drug-likeness (QED) is 0.605. The average Bonchev–Trinajstić information content (AvgIpc) is 2.92. The summed E-state index contributed by atoms with van der Waals surface area (Å²) in [6.45, 7) is 0. The number of anilines is 2. The molecule has 0 aliphatic rings. The van der Waals surface area contributed by atoms with Gasteiger partial charge >= 0.3 is 5.97 Å². The van der Waals surface area contributed by atoms with E-state index in [0.29, 0.717) is 3.92 Å². The van der Waals surface area contributed by atoms with Crippen molar-refractivity contribution in [3.63, 3.8) is 0 Å². The number of thiazole rings is 1. The Morgan fingerprint density at radius 1 is 1.36 bits per heavy atom. The zero-order chi connectivity index (χ0) is 16.3. The molecule has 0 spiro atoms. The molecular weight excluding hydrogens is 396 g/mol. The molecule has 0 N–H and O–H groups in total. The fourth-order valence-corrected chi connectivity index (χ4v) is 3.39. The van der Waals surface area contributed by atoms with E-state index in [4.69, 9.17) is 4.74 Å². The highest BCUT2D eigenvalue weighted by Crippen LogP contribution is 2.36. The molecule has 22 heavy (non-hydrogen) atoms. The lowest BCUT2D eigenvalue weighted by atomic mass is 10.2. The maximum atomic E-state index is 11.6. The van der Waals surface area contributed by atoms with E-state index < -0.39 is 16.9 Å². The zero-order valence-electron chi connectivity index (χ0n) is 11.5. The maximum absolute atomic E-state index is 11.6. The first-order valence-electron chi connectivity index (χ1n) is 5.79. The van der Waals surface area contributed by atoms with Gasteiger partial charge in [0, 0.05) is 5.38 Å². The summed E-state index contributed by atoms with van der Waals surface area (Å²) in [4.78, 5) is 15.6. The van der Waals surface area contributed by atoms with Crippen LogP contribution in [0.3, 0.4) is 0 Å². The summed E-state index contributed by atoms with van der Waals surface area (Å²) in [6, 6.07) is 4.33. The van der Waals surface area contributed by atoms with E-state index in [1.54, 1.807) is 5.38 Å². The maximum Gasteiger partial charge on any atom is 0.337 e. The SMILES string of the molecule is COC(=O)c1ccc(N(c2csc(Br)n2)[SH](=O)=O)c(OC)c1. The largest absolute Gasteiger partial charge is 0.495 e. The van der Waals surface area contributed by atoms with Crippen molar-refractivity contribution in [2.75, 3.05) is 18.5 Å². The molecule has 0 aliphatic carbocycles. The second kappa shape index (κ2) is 7.07. The normalized spacial score (nSPS) is 10.5. The summed E-state index contributed by atoms with van der Waals surface area (Å²) >= 11 is 4.44. The molecule has 0 bridgehead atoms. The van der Waals surface area contributed by atoms with E-state index in [1.165, 1.54) is 43.8 Å². The van der Waals surface area contributed by atoms with E-state index >= 15 is 0 Å². The molecule has 10 heteroatoms. The minimum atomic E-state index is -2.99. The highest BCUT2D eigenvalue weighted by atomic mass is 79.9. The van der Waals surface area contributed by atoms with Gasteiger partial charge in [-0.1, -0.05) is 0 Å². The standard InChI is InChI=1S/C12H11BrN2O5S2/c1-19-9-5-7(11(16)20-2)3-4-8(9)15(22(17)18)10-6-21-12(13)14-10/h3-6,22H,1-2H3. The lowest BCUT2D eigenvalue weighted by Gasteiger charge is -2.18. The van der Waals surface area contributed by atoms with Crippen LogP contribution in [0.4, 0.5) is 11.5 Å². The average molecular weight is 407 g/mol. The Kier molecular flexibility index (Phi) is 5.37. The molecule has 0 saturated carbocycles. The van der Waals surface area contributed by atoms with Crippen molar-refractivity contribution >= 4 is 55.6 Å². The predicted octanol–water partition coefficient (Wildman–Crippen LogP) is 2.37. The Hall–Kier alpha value is -1.65. The first kappa shape index (κ1) is 16.7. The van der Waals surface area contributed by atoms with Crippen molar-refractivity contribution < 1.29 is 22.7 Å². The Labute approximate surface area is 140 Å². The van der Waals surface area contributed by atoms with Crippen LogP contribution in [-0.4, -0.2) is 33.6 Å². The van der Waals surface area contributed by atoms with Gasteiger partial charge in [-0.25, -0.2) is 22.5 Å². The number of methoxy groups -OCH3 is 2. The fraction of sp³-hybridized carbons (Fsp3) is 0.167. The van der Waals surface area contributed by atoms with Crippen molar-refractivity contribution in [1.29, 1.82) is 0 Å². The second-order valence-corrected chi connectivity index (χ2v) is 6.90. The van der Waals surface area contributed by atoms with Gasteiger partial charge in [-0.3, -0.25) is 0 Å². The van der Waals surface area contributed by atoms with Gasteiger partial charge in [-0.2, -0.15) is 0 Å². The summed E-state index contributed by atoms with van der Waals surface area (Å²) in [5.74, 6) is -0.0948. The van der Waals surface area contributed by atoms with Crippen LogP contribution in [0.15, 0.2) is 27.5 Å². The third-order valence-electron chi connectivity index (χ3n) is 2.67. The number of carbonyl (C=O) groups excluding carboxylic acids is 1. The Morgan fingerprint density at radius 2 is 2.09 bits per heavy atom. The van der Waals surface area contributed by atoms with Gasteiger partial charge < -0.3 is 9.47 Å². The van der Waals surface area contributed by atoms with Gasteiger partial charge in [-0.15, -0.1) is 11.3 Å². The molecule has 0 radical (unpaired) electrons. The minimum Gasteiger partial charge on any atom is -0.495 e. The molecule has 2 rings (SSSR count). The van der Waals surface area contributed by atoms with Crippen LogP contribution in [-0.2, 0) is 15.6 Å². The zero-order valence-corrected chi connectivity index (χ0v) is 14.8. The lowest BCUT2D eigenvalue weighted by molar-refractivity contribution is 0.0600. The topological polar surface area (TPSA) is 85.8 Å². The molecule has 0 unspecified atom stereocenters. The van der Waals surface area contributed by atoms with Crippen LogP contribution in [0.25, 0.3) is 0 Å². The first-order valence-corrected chi connectivity index (χ1v) is 8.60. The number of ether oxygens (including phenoxy) is 2. The summed E-state index contributed by atoms with van der Waals surface area (Å²) in [5.41, 5.74) is 0.507. The molecule has 2 aromatic rings. The van der Waals surface area contributed by atoms with E-state index in [9.17, 15) is 13.2 Å². The van der Waals surface area contributed by atoms with Gasteiger partial charge in [0.2, 0.25) is 10.9 Å². The van der Waals surface area contributed by atoms with E-state index in [0.717, 1.165) is 4.31 Å². The molecule has 1 aromatic heterocycles. The van der Waals surface area contributed by atoms with Crippen LogP contribution >= 0.6 is 27.3 Å². The fourth-order valence-electron chi connectivity index (χ4n) is 1.73. The number of hydrogen-bond acceptors (Lipinski definition) is 7. The van der Waals surface area contributed by atoms with Crippen LogP contribution in [0.1, 0.15) is 10.4 Å². The van der Waals surface area contributed by atoms with E-state index in [-0.39, 0.29) is 22.8 Å². The number of halogens is 1. The number of aromatic nitrogens is 1. The molecule has 0 amide bonds. The number of rotatable bonds is 5. The number of carbonyl (C=O) groups is 1. The van der Waals surface area contributed by atoms with E-state index in [2.05, 4.69) is 25.7 Å². The molecule has 0 atom stereocenters. The summed E-state index contributed by atoms with van der Waals surface area (Å²) < 4.78 is 34.6. The second-order valence-electron chi connectivity index (χ2n) is 3.89. The van der Waals surface area contributed by atoms with Crippen molar-refractivity contribution in [2.24, 2.45) is 0 Å². The van der Waals surface area contributed by atoms with Crippen molar-refractivity contribution in [1.82, 2.24) is 4.98 Å². The Balaban J connectivity index is 2.55. The van der Waals surface area contributed by atoms with Gasteiger partial charge in [0.1, 0.15) is 11.4 Å². The van der Waals surface area contributed by atoms with Crippen LogP contribution in [0, 0.1) is 0 Å². The van der Waals surface area contributed by atoms with Gasteiger partial charge in [0.05, 0.1) is 19.8 Å². The monoisotopic (exact) mass is 406 g/mol. The molecule has 7 nitrogen and oxygen atoms in total. The molecular formula is C12H11BrN2O5S2. The molecule has 118 valence electrons. The van der Waals surface area contributed by atoms with Gasteiger partial charge in [-0.05, 0) is 34.1 Å². The first-order chi connectivity index (χ1) is 10.5. The smallest absolute Gasteiger partial charge is 0.337 e. The van der Waals surface area contributed by atoms with E-state index in [1.807, 2.05) is 0 Å². The van der Waals surface area contributed by atoms with Crippen LogP contribution < -0.4 is 9.04 Å². The minimum absolute atomic E-state index is 0.214. The van der Waals surface area contributed by atoms with Crippen LogP contribution in [0.5, 0.6) is 5.75 Å². The highest BCUT2D eigenvalue weighted by Gasteiger charge is 2.20. The highest BCUT2D eigenvalue weighted by molar-refractivity contribution is 9.11. The Bertz CT molecular complexity index is 767. The molecule has 1 aromatic carbocycles. The molecule has 1 heterocycles. The summed E-state index contributed by atoms with van der Waals surface area (Å²) in [7, 11) is -0.351. The number of hydrogen-bond donors (Lipinski definition) is 1. The third kappa shape index (κ3) is 3.39. The number of esters is 1. The summed E-state index contributed by atoms with van der Waals surface area (Å²) in [6.07, 6.45) is 0. The Morgan fingerprint density at radius 3 is 2.59 bits per heavy atom. The number of nitrogens with zero attached hydrogens (tertiary/aromatic N) is 2.